The zero-order valence-corrected chi connectivity index (χ0v) is 12.6. The van der Waals surface area contributed by atoms with E-state index in [2.05, 4.69) is 36.4 Å². The van der Waals surface area contributed by atoms with Crippen molar-refractivity contribution in [3.05, 3.63) is 11.9 Å². The quantitative estimate of drug-likeness (QED) is 0.888. The van der Waals surface area contributed by atoms with Crippen LogP contribution in [-0.2, 0) is 13.0 Å². The predicted octanol–water partition coefficient (Wildman–Crippen LogP) is 2.42. The number of nitrogens with two attached hydrogens (primary N) is 1. The van der Waals surface area contributed by atoms with Crippen LogP contribution in [-0.4, -0.2) is 28.7 Å². The minimum atomic E-state index is 0.575. The Morgan fingerprint density at radius 1 is 1.37 bits per heavy atom. The molecule has 2 unspecified atom stereocenters. The van der Waals surface area contributed by atoms with Crippen molar-refractivity contribution in [2.75, 3.05) is 18.0 Å². The van der Waals surface area contributed by atoms with Gasteiger partial charge >= 0.3 is 0 Å². The van der Waals surface area contributed by atoms with Crippen LogP contribution in [0, 0.1) is 5.92 Å². The molecule has 2 heterocycles. The van der Waals surface area contributed by atoms with Gasteiger partial charge in [0, 0.05) is 25.3 Å². The summed E-state index contributed by atoms with van der Waals surface area (Å²) in [4.78, 5) is 7.31. The average molecular weight is 264 g/mol. The number of aryl methyl sites for hydroxylation is 2. The number of hydrogen-bond acceptors (Lipinski definition) is 3. The molecule has 0 radical (unpaired) electrons. The standard InChI is InChI=1S/C15H28N4/c1-4-8-18-11-14(5-2)17-15(18)19-10-13(9-16)7-6-12(19)3/h11-13H,4-10,16H2,1-3H3. The van der Waals surface area contributed by atoms with Gasteiger partial charge in [-0.1, -0.05) is 13.8 Å². The van der Waals surface area contributed by atoms with E-state index in [4.69, 9.17) is 10.7 Å². The summed E-state index contributed by atoms with van der Waals surface area (Å²) in [5.41, 5.74) is 7.06. The van der Waals surface area contributed by atoms with Gasteiger partial charge in [0.25, 0.3) is 0 Å². The first-order chi connectivity index (χ1) is 9.19. The third-order valence-corrected chi connectivity index (χ3v) is 4.20. The lowest BCUT2D eigenvalue weighted by Crippen LogP contribution is -2.45. The van der Waals surface area contributed by atoms with Crippen molar-refractivity contribution in [1.82, 2.24) is 9.55 Å². The molecule has 1 saturated heterocycles. The summed E-state index contributed by atoms with van der Waals surface area (Å²) in [5.74, 6) is 1.78. The average Bonchev–Trinajstić information content (AvgIpc) is 2.83. The van der Waals surface area contributed by atoms with Crippen LogP contribution in [0.25, 0.3) is 0 Å². The summed E-state index contributed by atoms with van der Waals surface area (Å²) >= 11 is 0. The van der Waals surface area contributed by atoms with E-state index in [1.165, 1.54) is 18.5 Å². The number of rotatable bonds is 5. The molecule has 1 aliphatic rings. The van der Waals surface area contributed by atoms with Gasteiger partial charge in [-0.25, -0.2) is 4.98 Å². The molecule has 4 nitrogen and oxygen atoms in total. The second-order valence-electron chi connectivity index (χ2n) is 5.76. The van der Waals surface area contributed by atoms with Gasteiger partial charge in [0.2, 0.25) is 5.95 Å². The first-order valence-corrected chi connectivity index (χ1v) is 7.72. The maximum absolute atomic E-state index is 5.86. The fourth-order valence-electron chi connectivity index (χ4n) is 2.92. The summed E-state index contributed by atoms with van der Waals surface area (Å²) in [6.45, 7) is 9.60. The zero-order valence-electron chi connectivity index (χ0n) is 12.6. The highest BCUT2D eigenvalue weighted by molar-refractivity contribution is 5.36. The minimum absolute atomic E-state index is 0.575. The molecule has 2 N–H and O–H groups in total. The van der Waals surface area contributed by atoms with Crippen LogP contribution in [0.5, 0.6) is 0 Å². The van der Waals surface area contributed by atoms with E-state index in [0.29, 0.717) is 12.0 Å². The lowest BCUT2D eigenvalue weighted by Gasteiger charge is -2.38. The molecule has 1 fully saturated rings. The molecule has 0 spiro atoms. The van der Waals surface area contributed by atoms with Gasteiger partial charge in [0.1, 0.15) is 0 Å². The van der Waals surface area contributed by atoms with Crippen LogP contribution in [0.4, 0.5) is 5.95 Å². The summed E-state index contributed by atoms with van der Waals surface area (Å²) in [7, 11) is 0. The van der Waals surface area contributed by atoms with E-state index in [9.17, 15) is 0 Å². The van der Waals surface area contributed by atoms with E-state index < -0.39 is 0 Å². The van der Waals surface area contributed by atoms with Crippen molar-refractivity contribution >= 4 is 5.95 Å². The van der Waals surface area contributed by atoms with E-state index >= 15 is 0 Å². The summed E-state index contributed by atoms with van der Waals surface area (Å²) in [5, 5.41) is 0. The van der Waals surface area contributed by atoms with Crippen LogP contribution in [0.2, 0.25) is 0 Å². The lowest BCUT2D eigenvalue weighted by atomic mass is 9.94. The Morgan fingerprint density at radius 2 is 2.16 bits per heavy atom. The van der Waals surface area contributed by atoms with E-state index in [0.717, 1.165) is 38.4 Å². The first kappa shape index (κ1) is 14.4. The molecule has 0 bridgehead atoms. The van der Waals surface area contributed by atoms with Crippen LogP contribution in [0.3, 0.4) is 0 Å². The molecule has 1 aromatic rings. The fourth-order valence-corrected chi connectivity index (χ4v) is 2.92. The molecule has 108 valence electrons. The number of anilines is 1. The Morgan fingerprint density at radius 3 is 2.79 bits per heavy atom. The Balaban J connectivity index is 2.24. The molecule has 0 aliphatic carbocycles. The van der Waals surface area contributed by atoms with Gasteiger partial charge in [-0.05, 0) is 45.1 Å². The fraction of sp³-hybridized carbons (Fsp3) is 0.800. The van der Waals surface area contributed by atoms with Gasteiger partial charge in [0.05, 0.1) is 5.69 Å². The van der Waals surface area contributed by atoms with E-state index in [1.807, 2.05) is 0 Å². The normalized spacial score (nSPS) is 23.9. The molecule has 0 amide bonds. The predicted molar refractivity (Wildman–Crippen MR) is 80.5 cm³/mol. The van der Waals surface area contributed by atoms with Crippen LogP contribution < -0.4 is 10.6 Å². The third kappa shape index (κ3) is 3.11. The summed E-state index contributed by atoms with van der Waals surface area (Å²) in [6, 6.07) is 0.575. The topological polar surface area (TPSA) is 47.1 Å². The van der Waals surface area contributed by atoms with Gasteiger partial charge in [-0.15, -0.1) is 0 Å². The van der Waals surface area contributed by atoms with Crippen molar-refractivity contribution in [2.24, 2.45) is 11.7 Å². The number of nitrogens with zero attached hydrogens (tertiary/aromatic N) is 3. The van der Waals surface area contributed by atoms with E-state index in [1.54, 1.807) is 0 Å². The van der Waals surface area contributed by atoms with Crippen molar-refractivity contribution < 1.29 is 0 Å². The highest BCUT2D eigenvalue weighted by Gasteiger charge is 2.27. The molecule has 0 aromatic carbocycles. The second-order valence-corrected chi connectivity index (χ2v) is 5.76. The molecule has 0 saturated carbocycles. The molecule has 2 rings (SSSR count). The first-order valence-electron chi connectivity index (χ1n) is 7.72. The highest BCUT2D eigenvalue weighted by Crippen LogP contribution is 2.27. The molecular formula is C15H28N4. The number of imidazole rings is 1. The Labute approximate surface area is 117 Å². The smallest absolute Gasteiger partial charge is 0.205 e. The SMILES string of the molecule is CCCn1cc(CC)nc1N1CC(CN)CCC1C. The Bertz CT molecular complexity index is 399. The molecular weight excluding hydrogens is 236 g/mol. The second kappa shape index (κ2) is 6.42. The molecule has 4 heteroatoms. The van der Waals surface area contributed by atoms with Crippen molar-refractivity contribution in [2.45, 2.75) is 59.0 Å². The Kier molecular flexibility index (Phi) is 4.86. The summed E-state index contributed by atoms with van der Waals surface area (Å²) in [6.07, 6.45) is 6.85. The van der Waals surface area contributed by atoms with Gasteiger partial charge in [-0.3, -0.25) is 0 Å². The maximum atomic E-state index is 5.86. The number of piperidine rings is 1. The summed E-state index contributed by atoms with van der Waals surface area (Å²) < 4.78 is 2.33. The monoisotopic (exact) mass is 264 g/mol. The Hall–Kier alpha value is -1.03. The molecule has 2 atom stereocenters. The number of aromatic nitrogens is 2. The van der Waals surface area contributed by atoms with Gasteiger partial charge in [0.15, 0.2) is 0 Å². The lowest BCUT2D eigenvalue weighted by molar-refractivity contribution is 0.366. The van der Waals surface area contributed by atoms with Crippen LogP contribution in [0.15, 0.2) is 6.20 Å². The van der Waals surface area contributed by atoms with Crippen molar-refractivity contribution in [1.29, 1.82) is 0 Å². The molecule has 1 aromatic heterocycles. The number of hydrogen-bond donors (Lipinski definition) is 1. The maximum Gasteiger partial charge on any atom is 0.205 e. The van der Waals surface area contributed by atoms with E-state index in [-0.39, 0.29) is 0 Å². The third-order valence-electron chi connectivity index (χ3n) is 4.20. The highest BCUT2D eigenvalue weighted by atomic mass is 15.3. The minimum Gasteiger partial charge on any atom is -0.339 e. The van der Waals surface area contributed by atoms with Gasteiger partial charge in [-0.2, -0.15) is 0 Å². The van der Waals surface area contributed by atoms with Crippen LogP contribution in [0.1, 0.15) is 45.7 Å². The van der Waals surface area contributed by atoms with Gasteiger partial charge < -0.3 is 15.2 Å². The van der Waals surface area contributed by atoms with Crippen molar-refractivity contribution in [3.8, 4) is 0 Å². The molecule has 19 heavy (non-hydrogen) atoms. The molecule has 1 aliphatic heterocycles. The zero-order chi connectivity index (χ0) is 13.8. The van der Waals surface area contributed by atoms with Crippen molar-refractivity contribution in [3.63, 3.8) is 0 Å². The largest absolute Gasteiger partial charge is 0.339 e. The van der Waals surface area contributed by atoms with Crippen LogP contribution >= 0.6 is 0 Å².